The highest BCUT2D eigenvalue weighted by Gasteiger charge is 2.12. The second-order valence-corrected chi connectivity index (χ2v) is 5.05. The predicted octanol–water partition coefficient (Wildman–Crippen LogP) is 4.08. The van der Waals surface area contributed by atoms with Crippen molar-refractivity contribution < 1.29 is 0 Å². The van der Waals surface area contributed by atoms with Crippen molar-refractivity contribution in [2.75, 3.05) is 5.73 Å². The summed E-state index contributed by atoms with van der Waals surface area (Å²) in [5.41, 5.74) is 10.4. The van der Waals surface area contributed by atoms with Crippen molar-refractivity contribution >= 4 is 17.3 Å². The minimum absolute atomic E-state index is 0.612. The van der Waals surface area contributed by atoms with Gasteiger partial charge in [0.2, 0.25) is 0 Å². The SMILES string of the molecule is Cc1ccccc1-n1cc(N)c(-c2ccccc2Cl)n1. The quantitative estimate of drug-likeness (QED) is 0.770. The van der Waals surface area contributed by atoms with Crippen LogP contribution in [0.4, 0.5) is 5.69 Å². The number of aryl methyl sites for hydroxylation is 1. The monoisotopic (exact) mass is 283 g/mol. The number of benzene rings is 2. The molecule has 100 valence electrons. The first-order valence-electron chi connectivity index (χ1n) is 6.33. The van der Waals surface area contributed by atoms with E-state index in [4.69, 9.17) is 17.3 Å². The summed E-state index contributed by atoms with van der Waals surface area (Å²) in [7, 11) is 0. The molecule has 0 aliphatic rings. The van der Waals surface area contributed by atoms with Gasteiger partial charge in [0.25, 0.3) is 0 Å². The number of nitrogen functional groups attached to an aromatic ring is 1. The number of anilines is 1. The summed E-state index contributed by atoms with van der Waals surface area (Å²) < 4.78 is 1.79. The second kappa shape index (κ2) is 5.02. The van der Waals surface area contributed by atoms with Crippen LogP contribution < -0.4 is 5.73 Å². The molecule has 0 unspecified atom stereocenters. The molecule has 4 heteroatoms. The molecule has 0 spiro atoms. The fourth-order valence-corrected chi connectivity index (χ4v) is 2.42. The molecule has 0 saturated heterocycles. The largest absolute Gasteiger partial charge is 0.396 e. The Bertz CT molecular complexity index is 762. The van der Waals surface area contributed by atoms with Crippen LogP contribution in [0.25, 0.3) is 16.9 Å². The molecule has 0 atom stereocenters. The summed E-state index contributed by atoms with van der Waals surface area (Å²) in [5.74, 6) is 0. The third-order valence-corrected chi connectivity index (χ3v) is 3.56. The number of hydrogen-bond acceptors (Lipinski definition) is 2. The lowest BCUT2D eigenvalue weighted by molar-refractivity contribution is 0.876. The average Bonchev–Trinajstić information content (AvgIpc) is 2.81. The van der Waals surface area contributed by atoms with Crippen LogP contribution in [0.15, 0.2) is 54.7 Å². The van der Waals surface area contributed by atoms with Crippen LogP contribution in [0, 0.1) is 6.92 Å². The van der Waals surface area contributed by atoms with Crippen molar-refractivity contribution in [3.63, 3.8) is 0 Å². The number of rotatable bonds is 2. The molecule has 1 heterocycles. The molecule has 3 aromatic rings. The van der Waals surface area contributed by atoms with Gasteiger partial charge in [-0.1, -0.05) is 48.0 Å². The zero-order valence-corrected chi connectivity index (χ0v) is 11.8. The van der Waals surface area contributed by atoms with Crippen LogP contribution in [0.1, 0.15) is 5.56 Å². The number of nitrogens with two attached hydrogens (primary N) is 1. The fraction of sp³-hybridized carbons (Fsp3) is 0.0625. The van der Waals surface area contributed by atoms with Gasteiger partial charge in [0.1, 0.15) is 5.69 Å². The molecule has 20 heavy (non-hydrogen) atoms. The van der Waals surface area contributed by atoms with E-state index in [-0.39, 0.29) is 0 Å². The summed E-state index contributed by atoms with van der Waals surface area (Å²) in [6.07, 6.45) is 1.82. The molecule has 3 rings (SSSR count). The molecule has 0 bridgehead atoms. The number of para-hydroxylation sites is 1. The topological polar surface area (TPSA) is 43.8 Å². The first kappa shape index (κ1) is 12.8. The Morgan fingerprint density at radius 1 is 1.05 bits per heavy atom. The molecule has 2 aromatic carbocycles. The van der Waals surface area contributed by atoms with Crippen LogP contribution in [0.2, 0.25) is 5.02 Å². The maximum absolute atomic E-state index is 6.21. The van der Waals surface area contributed by atoms with Crippen molar-refractivity contribution in [3.8, 4) is 16.9 Å². The number of nitrogens with zero attached hydrogens (tertiary/aromatic N) is 2. The van der Waals surface area contributed by atoms with Crippen molar-refractivity contribution in [1.82, 2.24) is 9.78 Å². The molecule has 0 aliphatic carbocycles. The maximum atomic E-state index is 6.21. The molecular formula is C16H14ClN3. The van der Waals surface area contributed by atoms with Gasteiger partial charge in [0, 0.05) is 5.56 Å². The van der Waals surface area contributed by atoms with E-state index in [1.54, 1.807) is 4.68 Å². The van der Waals surface area contributed by atoms with Crippen LogP contribution in [0.3, 0.4) is 0 Å². The molecule has 0 amide bonds. The number of aromatic nitrogens is 2. The Morgan fingerprint density at radius 2 is 1.75 bits per heavy atom. The first-order chi connectivity index (χ1) is 9.66. The number of hydrogen-bond donors (Lipinski definition) is 1. The minimum Gasteiger partial charge on any atom is -0.396 e. The van der Waals surface area contributed by atoms with E-state index >= 15 is 0 Å². The van der Waals surface area contributed by atoms with E-state index in [1.165, 1.54) is 0 Å². The summed E-state index contributed by atoms with van der Waals surface area (Å²) >= 11 is 6.21. The van der Waals surface area contributed by atoms with Crippen molar-refractivity contribution in [2.45, 2.75) is 6.92 Å². The van der Waals surface area contributed by atoms with Crippen LogP contribution in [-0.4, -0.2) is 9.78 Å². The first-order valence-corrected chi connectivity index (χ1v) is 6.70. The summed E-state index contributed by atoms with van der Waals surface area (Å²) in [6, 6.07) is 15.6. The summed E-state index contributed by atoms with van der Waals surface area (Å²) in [5, 5.41) is 5.23. The van der Waals surface area contributed by atoms with E-state index in [1.807, 2.05) is 61.7 Å². The summed E-state index contributed by atoms with van der Waals surface area (Å²) in [4.78, 5) is 0. The number of halogens is 1. The average molecular weight is 284 g/mol. The van der Waals surface area contributed by atoms with E-state index < -0.39 is 0 Å². The van der Waals surface area contributed by atoms with E-state index in [0.717, 1.165) is 16.8 Å². The predicted molar refractivity (Wildman–Crippen MR) is 83.2 cm³/mol. The Labute approximate surface area is 122 Å². The zero-order valence-electron chi connectivity index (χ0n) is 11.0. The van der Waals surface area contributed by atoms with Gasteiger partial charge in [-0.3, -0.25) is 0 Å². The normalized spacial score (nSPS) is 10.7. The maximum Gasteiger partial charge on any atom is 0.117 e. The molecule has 2 N–H and O–H groups in total. The van der Waals surface area contributed by atoms with Crippen molar-refractivity contribution in [3.05, 3.63) is 65.3 Å². The third kappa shape index (κ3) is 2.17. The molecular weight excluding hydrogens is 270 g/mol. The van der Waals surface area contributed by atoms with Gasteiger partial charge in [0.15, 0.2) is 0 Å². The van der Waals surface area contributed by atoms with E-state index in [2.05, 4.69) is 5.10 Å². The molecule has 0 radical (unpaired) electrons. The second-order valence-electron chi connectivity index (χ2n) is 4.64. The Kier molecular flexibility index (Phi) is 3.20. The smallest absolute Gasteiger partial charge is 0.117 e. The van der Waals surface area contributed by atoms with E-state index in [0.29, 0.717) is 16.4 Å². The standard InChI is InChI=1S/C16H14ClN3/c1-11-6-2-5-9-15(11)20-10-14(18)16(19-20)12-7-3-4-8-13(12)17/h2-10H,18H2,1H3. The van der Waals surface area contributed by atoms with E-state index in [9.17, 15) is 0 Å². The Morgan fingerprint density at radius 3 is 2.50 bits per heavy atom. The zero-order chi connectivity index (χ0) is 14.1. The van der Waals surface area contributed by atoms with Gasteiger partial charge >= 0.3 is 0 Å². The lowest BCUT2D eigenvalue weighted by Gasteiger charge is -2.05. The van der Waals surface area contributed by atoms with Gasteiger partial charge < -0.3 is 5.73 Å². The molecule has 0 aliphatic heterocycles. The van der Waals surface area contributed by atoms with Gasteiger partial charge in [0.05, 0.1) is 22.6 Å². The summed E-state index contributed by atoms with van der Waals surface area (Å²) in [6.45, 7) is 2.04. The molecule has 0 fully saturated rings. The minimum atomic E-state index is 0.612. The molecule has 3 nitrogen and oxygen atoms in total. The van der Waals surface area contributed by atoms with Crippen LogP contribution in [-0.2, 0) is 0 Å². The highest BCUT2D eigenvalue weighted by molar-refractivity contribution is 6.33. The van der Waals surface area contributed by atoms with Crippen molar-refractivity contribution in [1.29, 1.82) is 0 Å². The molecule has 1 aromatic heterocycles. The van der Waals surface area contributed by atoms with Crippen LogP contribution in [0.5, 0.6) is 0 Å². The third-order valence-electron chi connectivity index (χ3n) is 3.23. The Balaban J connectivity index is 2.13. The van der Waals surface area contributed by atoms with Gasteiger partial charge in [-0.2, -0.15) is 5.10 Å². The lowest BCUT2D eigenvalue weighted by Crippen LogP contribution is -1.97. The van der Waals surface area contributed by atoms with Crippen molar-refractivity contribution in [2.24, 2.45) is 0 Å². The fourth-order valence-electron chi connectivity index (χ4n) is 2.19. The van der Waals surface area contributed by atoms with Gasteiger partial charge in [-0.05, 0) is 24.6 Å². The van der Waals surface area contributed by atoms with Gasteiger partial charge in [-0.15, -0.1) is 0 Å². The van der Waals surface area contributed by atoms with Gasteiger partial charge in [-0.25, -0.2) is 4.68 Å². The highest BCUT2D eigenvalue weighted by atomic mass is 35.5. The lowest BCUT2D eigenvalue weighted by atomic mass is 10.1. The Hall–Kier alpha value is -2.26. The highest BCUT2D eigenvalue weighted by Crippen LogP contribution is 2.31. The molecule has 0 saturated carbocycles. The van der Waals surface area contributed by atoms with Crippen LogP contribution >= 0.6 is 11.6 Å².